The highest BCUT2D eigenvalue weighted by atomic mass is 35.5. The standard InChI is InChI=1S/C17H26ClNO/c1-3-5-6-7-8-12-20-17-10-9-15(13-16(17)18)14-19-11-4-2/h3,9-10,13,19H,1,4-8,11-12,14H2,2H3. The second-order valence-corrected chi connectivity index (χ2v) is 5.34. The summed E-state index contributed by atoms with van der Waals surface area (Å²) in [5.74, 6) is 0.787. The number of rotatable bonds is 11. The minimum atomic E-state index is 0.701. The molecule has 0 spiro atoms. The highest BCUT2D eigenvalue weighted by molar-refractivity contribution is 6.32. The molecule has 0 aliphatic carbocycles. The van der Waals surface area contributed by atoms with Crippen LogP contribution in [-0.4, -0.2) is 13.2 Å². The Morgan fingerprint density at radius 3 is 2.85 bits per heavy atom. The second kappa shape index (κ2) is 10.8. The zero-order valence-corrected chi connectivity index (χ0v) is 13.2. The monoisotopic (exact) mass is 295 g/mol. The molecule has 20 heavy (non-hydrogen) atoms. The molecule has 1 aromatic carbocycles. The van der Waals surface area contributed by atoms with Crippen LogP contribution in [0.3, 0.4) is 0 Å². The Kier molecular flexibility index (Phi) is 9.18. The van der Waals surface area contributed by atoms with Gasteiger partial charge in [0.05, 0.1) is 11.6 Å². The minimum absolute atomic E-state index is 0.701. The van der Waals surface area contributed by atoms with Gasteiger partial charge in [0.25, 0.3) is 0 Å². The van der Waals surface area contributed by atoms with Crippen LogP contribution in [0, 0.1) is 0 Å². The summed E-state index contributed by atoms with van der Waals surface area (Å²) in [5, 5.41) is 4.06. The summed E-state index contributed by atoms with van der Waals surface area (Å²) < 4.78 is 5.72. The Morgan fingerprint density at radius 2 is 2.15 bits per heavy atom. The van der Waals surface area contributed by atoms with Crippen molar-refractivity contribution in [3.05, 3.63) is 41.4 Å². The van der Waals surface area contributed by atoms with Gasteiger partial charge in [0, 0.05) is 6.54 Å². The fourth-order valence-electron chi connectivity index (χ4n) is 1.93. The van der Waals surface area contributed by atoms with E-state index in [0.717, 1.165) is 44.7 Å². The maximum Gasteiger partial charge on any atom is 0.137 e. The van der Waals surface area contributed by atoms with Gasteiger partial charge in [0.2, 0.25) is 0 Å². The number of unbranched alkanes of at least 4 members (excludes halogenated alkanes) is 3. The van der Waals surface area contributed by atoms with E-state index in [9.17, 15) is 0 Å². The molecule has 0 aromatic heterocycles. The summed E-state index contributed by atoms with van der Waals surface area (Å²) in [6.07, 6.45) is 7.60. The van der Waals surface area contributed by atoms with Gasteiger partial charge in [0.15, 0.2) is 0 Å². The first-order valence-corrected chi connectivity index (χ1v) is 7.88. The van der Waals surface area contributed by atoms with Crippen molar-refractivity contribution in [2.45, 2.75) is 45.6 Å². The SMILES string of the molecule is C=CCCCCCOc1ccc(CNCCC)cc1Cl. The van der Waals surface area contributed by atoms with E-state index < -0.39 is 0 Å². The first-order chi connectivity index (χ1) is 9.77. The number of nitrogens with one attached hydrogen (secondary N) is 1. The predicted molar refractivity (Wildman–Crippen MR) is 87.6 cm³/mol. The molecule has 1 N–H and O–H groups in total. The van der Waals surface area contributed by atoms with Gasteiger partial charge in [-0.3, -0.25) is 0 Å². The van der Waals surface area contributed by atoms with E-state index >= 15 is 0 Å². The molecule has 1 aromatic rings. The Morgan fingerprint density at radius 1 is 1.30 bits per heavy atom. The summed E-state index contributed by atoms with van der Waals surface area (Å²) >= 11 is 6.24. The van der Waals surface area contributed by atoms with Gasteiger partial charge in [0.1, 0.15) is 5.75 Å². The van der Waals surface area contributed by atoms with Crippen LogP contribution in [0.15, 0.2) is 30.9 Å². The summed E-state index contributed by atoms with van der Waals surface area (Å²) in [5.41, 5.74) is 1.20. The van der Waals surface area contributed by atoms with Gasteiger partial charge in [-0.2, -0.15) is 0 Å². The molecular weight excluding hydrogens is 270 g/mol. The van der Waals surface area contributed by atoms with Crippen molar-refractivity contribution in [1.29, 1.82) is 0 Å². The van der Waals surface area contributed by atoms with E-state index in [2.05, 4.69) is 24.9 Å². The van der Waals surface area contributed by atoms with Crippen LogP contribution in [-0.2, 0) is 6.54 Å². The van der Waals surface area contributed by atoms with Crippen molar-refractivity contribution in [3.63, 3.8) is 0 Å². The average molecular weight is 296 g/mol. The second-order valence-electron chi connectivity index (χ2n) is 4.93. The largest absolute Gasteiger partial charge is 0.492 e. The zero-order valence-electron chi connectivity index (χ0n) is 12.5. The van der Waals surface area contributed by atoms with Crippen molar-refractivity contribution in [2.24, 2.45) is 0 Å². The number of halogens is 1. The van der Waals surface area contributed by atoms with Gasteiger partial charge < -0.3 is 10.1 Å². The quantitative estimate of drug-likeness (QED) is 0.460. The summed E-state index contributed by atoms with van der Waals surface area (Å²) in [4.78, 5) is 0. The first kappa shape index (κ1) is 17.1. The van der Waals surface area contributed by atoms with Crippen LogP contribution in [0.25, 0.3) is 0 Å². The Balaban J connectivity index is 2.30. The van der Waals surface area contributed by atoms with E-state index in [-0.39, 0.29) is 0 Å². The number of allylic oxidation sites excluding steroid dienone is 1. The van der Waals surface area contributed by atoms with Gasteiger partial charge in [-0.15, -0.1) is 6.58 Å². The van der Waals surface area contributed by atoms with E-state index in [4.69, 9.17) is 16.3 Å². The summed E-state index contributed by atoms with van der Waals surface area (Å²) in [7, 11) is 0. The molecule has 0 saturated carbocycles. The molecular formula is C17H26ClNO. The molecule has 0 fully saturated rings. The molecule has 0 atom stereocenters. The molecule has 3 heteroatoms. The lowest BCUT2D eigenvalue weighted by molar-refractivity contribution is 0.305. The van der Waals surface area contributed by atoms with Crippen LogP contribution in [0.4, 0.5) is 0 Å². The number of benzene rings is 1. The van der Waals surface area contributed by atoms with Crippen molar-refractivity contribution in [1.82, 2.24) is 5.32 Å². The zero-order chi connectivity index (χ0) is 14.6. The highest BCUT2D eigenvalue weighted by Gasteiger charge is 2.03. The van der Waals surface area contributed by atoms with Gasteiger partial charge >= 0.3 is 0 Å². The molecule has 2 nitrogen and oxygen atoms in total. The van der Waals surface area contributed by atoms with Gasteiger partial charge in [-0.25, -0.2) is 0 Å². The van der Waals surface area contributed by atoms with Gasteiger partial charge in [-0.1, -0.05) is 30.7 Å². The Hall–Kier alpha value is -0.990. The lowest BCUT2D eigenvalue weighted by Gasteiger charge is -2.10. The Labute approximate surface area is 128 Å². The fourth-order valence-corrected chi connectivity index (χ4v) is 2.19. The van der Waals surface area contributed by atoms with Crippen LogP contribution < -0.4 is 10.1 Å². The van der Waals surface area contributed by atoms with Crippen LogP contribution >= 0.6 is 11.6 Å². The molecule has 0 radical (unpaired) electrons. The van der Waals surface area contributed by atoms with E-state index in [0.29, 0.717) is 5.02 Å². The van der Waals surface area contributed by atoms with Crippen molar-refractivity contribution in [3.8, 4) is 5.75 Å². The first-order valence-electron chi connectivity index (χ1n) is 7.50. The van der Waals surface area contributed by atoms with Crippen LogP contribution in [0.5, 0.6) is 5.75 Å². The molecule has 1 rings (SSSR count). The topological polar surface area (TPSA) is 21.3 Å². The highest BCUT2D eigenvalue weighted by Crippen LogP contribution is 2.25. The molecule has 0 saturated heterocycles. The van der Waals surface area contributed by atoms with Crippen molar-refractivity contribution < 1.29 is 4.74 Å². The summed E-state index contributed by atoms with van der Waals surface area (Å²) in [6, 6.07) is 6.02. The molecule has 0 bridgehead atoms. The van der Waals surface area contributed by atoms with Crippen molar-refractivity contribution >= 4 is 11.6 Å². The summed E-state index contributed by atoms with van der Waals surface area (Å²) in [6.45, 7) is 8.49. The molecule has 0 unspecified atom stereocenters. The normalized spacial score (nSPS) is 10.5. The van der Waals surface area contributed by atoms with E-state index in [1.54, 1.807) is 0 Å². The predicted octanol–water partition coefficient (Wildman–Crippen LogP) is 4.96. The van der Waals surface area contributed by atoms with Crippen LogP contribution in [0.1, 0.15) is 44.6 Å². The maximum absolute atomic E-state index is 6.24. The number of ether oxygens (including phenoxy) is 1. The number of hydrogen-bond donors (Lipinski definition) is 1. The third kappa shape index (κ3) is 6.97. The Bertz CT molecular complexity index is 393. The lowest BCUT2D eigenvalue weighted by Crippen LogP contribution is -2.13. The van der Waals surface area contributed by atoms with Crippen molar-refractivity contribution in [2.75, 3.05) is 13.2 Å². The van der Waals surface area contributed by atoms with Crippen LogP contribution in [0.2, 0.25) is 5.02 Å². The van der Waals surface area contributed by atoms with E-state index in [1.807, 2.05) is 18.2 Å². The molecule has 0 heterocycles. The molecule has 0 amide bonds. The third-order valence-electron chi connectivity index (χ3n) is 3.06. The number of hydrogen-bond acceptors (Lipinski definition) is 2. The molecule has 0 aliphatic rings. The van der Waals surface area contributed by atoms with Gasteiger partial charge in [-0.05, 0) is 56.3 Å². The molecule has 112 valence electrons. The van der Waals surface area contributed by atoms with E-state index in [1.165, 1.54) is 18.4 Å². The maximum atomic E-state index is 6.24. The third-order valence-corrected chi connectivity index (χ3v) is 3.36. The smallest absolute Gasteiger partial charge is 0.137 e. The minimum Gasteiger partial charge on any atom is -0.492 e. The molecule has 0 aliphatic heterocycles. The fraction of sp³-hybridized carbons (Fsp3) is 0.529. The lowest BCUT2D eigenvalue weighted by atomic mass is 10.2. The average Bonchev–Trinajstić information content (AvgIpc) is 2.45.